The van der Waals surface area contributed by atoms with Crippen LogP contribution in [0.5, 0.6) is 5.75 Å². The van der Waals surface area contributed by atoms with Crippen molar-refractivity contribution in [2.45, 2.75) is 24.4 Å². The first kappa shape index (κ1) is 21.4. The van der Waals surface area contributed by atoms with Gasteiger partial charge in [0, 0.05) is 5.75 Å². The maximum atomic E-state index is 5.91. The minimum atomic E-state index is 0.0739. The van der Waals surface area contributed by atoms with Crippen LogP contribution in [0.2, 0.25) is 0 Å². The number of benzene rings is 4. The summed E-state index contributed by atoms with van der Waals surface area (Å²) in [5.41, 5.74) is 4.90. The van der Waals surface area contributed by atoms with Crippen LogP contribution in [0, 0.1) is 0 Å². The number of nitrogens with zero attached hydrogens (tertiary/aromatic N) is 1. The smallest absolute Gasteiger partial charge is 0.158 e. The van der Waals surface area contributed by atoms with Gasteiger partial charge in [0.25, 0.3) is 0 Å². The van der Waals surface area contributed by atoms with Crippen molar-refractivity contribution in [1.29, 1.82) is 0 Å². The molecule has 2 atom stereocenters. The first-order valence-electron chi connectivity index (χ1n) is 11.2. The molecule has 1 heterocycles. The minimum Gasteiger partial charge on any atom is -0.489 e. The van der Waals surface area contributed by atoms with E-state index in [2.05, 4.69) is 90.2 Å². The van der Waals surface area contributed by atoms with Gasteiger partial charge in [-0.25, -0.2) is 0 Å². The molecule has 0 bridgehead atoms. The van der Waals surface area contributed by atoms with Crippen molar-refractivity contribution in [3.63, 3.8) is 0 Å². The summed E-state index contributed by atoms with van der Waals surface area (Å²) in [7, 11) is 0. The van der Waals surface area contributed by atoms with Gasteiger partial charge < -0.3 is 10.1 Å². The van der Waals surface area contributed by atoms with E-state index in [1.807, 2.05) is 30.3 Å². The molecule has 0 spiro atoms. The van der Waals surface area contributed by atoms with E-state index in [0.29, 0.717) is 6.61 Å². The van der Waals surface area contributed by atoms with Crippen molar-refractivity contribution in [1.82, 2.24) is 5.32 Å². The molecule has 5 rings (SSSR count). The summed E-state index contributed by atoms with van der Waals surface area (Å²) in [6.07, 6.45) is 0. The second-order valence-electron chi connectivity index (χ2n) is 8.03. The van der Waals surface area contributed by atoms with Gasteiger partial charge in [0.05, 0.1) is 6.04 Å². The Morgan fingerprint density at radius 2 is 1.27 bits per heavy atom. The third-order valence-corrected chi connectivity index (χ3v) is 6.67. The topological polar surface area (TPSA) is 33.6 Å². The number of hydrogen-bond donors (Lipinski definition) is 1. The van der Waals surface area contributed by atoms with Gasteiger partial charge >= 0.3 is 0 Å². The van der Waals surface area contributed by atoms with E-state index in [4.69, 9.17) is 9.73 Å². The van der Waals surface area contributed by atoms with Gasteiger partial charge in [-0.15, -0.1) is 0 Å². The molecule has 4 heteroatoms. The Morgan fingerprint density at radius 1 is 0.667 bits per heavy atom. The molecule has 1 aliphatic rings. The molecule has 1 aliphatic heterocycles. The number of hydrogen-bond acceptors (Lipinski definition) is 4. The van der Waals surface area contributed by atoms with Gasteiger partial charge in [-0.2, -0.15) is 0 Å². The normalized spacial score (nSPS) is 17.3. The fourth-order valence-electron chi connectivity index (χ4n) is 3.95. The van der Waals surface area contributed by atoms with Gasteiger partial charge in [0.1, 0.15) is 18.4 Å². The molecular formula is C29H26N2OS. The van der Waals surface area contributed by atoms with Crippen molar-refractivity contribution in [3.05, 3.63) is 138 Å². The Balaban J connectivity index is 1.22. The standard InChI is InChI=1S/C29H26N2OS/c1-4-10-22(11-5-1)20-32-26-18-16-23(17-19-26)21-33-29-30-27(24-12-6-2-7-13-24)28(31-29)25-14-8-3-9-15-25/h1-19,27-28H,20-21H2,(H,30,31)/t27-,28+. The third-order valence-electron chi connectivity index (χ3n) is 5.70. The first-order chi connectivity index (χ1) is 16.3. The zero-order valence-electron chi connectivity index (χ0n) is 18.3. The van der Waals surface area contributed by atoms with Crippen LogP contribution >= 0.6 is 11.8 Å². The second kappa shape index (κ2) is 10.4. The molecule has 164 valence electrons. The average Bonchev–Trinajstić information content (AvgIpc) is 3.33. The van der Waals surface area contributed by atoms with E-state index in [9.17, 15) is 0 Å². The maximum absolute atomic E-state index is 5.91. The molecule has 0 radical (unpaired) electrons. The van der Waals surface area contributed by atoms with Crippen LogP contribution in [0.15, 0.2) is 120 Å². The molecule has 3 nitrogen and oxygen atoms in total. The average molecular weight is 451 g/mol. The fraction of sp³-hybridized carbons (Fsp3) is 0.138. The van der Waals surface area contributed by atoms with Crippen LogP contribution in [-0.2, 0) is 12.4 Å². The molecule has 1 N–H and O–H groups in total. The Bertz CT molecular complexity index is 1180. The van der Waals surface area contributed by atoms with Crippen molar-refractivity contribution >= 4 is 16.9 Å². The number of nitrogens with one attached hydrogen (secondary N) is 1. The van der Waals surface area contributed by atoms with Crippen molar-refractivity contribution in [2.24, 2.45) is 4.99 Å². The van der Waals surface area contributed by atoms with Crippen molar-refractivity contribution in [2.75, 3.05) is 0 Å². The lowest BCUT2D eigenvalue weighted by molar-refractivity contribution is 0.306. The van der Waals surface area contributed by atoms with Crippen molar-refractivity contribution < 1.29 is 4.74 Å². The Morgan fingerprint density at radius 3 is 1.94 bits per heavy atom. The molecule has 4 aromatic rings. The maximum Gasteiger partial charge on any atom is 0.158 e. The molecule has 0 saturated heterocycles. The van der Waals surface area contributed by atoms with Gasteiger partial charge in [0.15, 0.2) is 5.17 Å². The highest BCUT2D eigenvalue weighted by atomic mass is 32.2. The summed E-state index contributed by atoms with van der Waals surface area (Å²) < 4.78 is 5.91. The number of aliphatic imine (C=N–C) groups is 1. The Kier molecular flexibility index (Phi) is 6.74. The molecule has 33 heavy (non-hydrogen) atoms. The molecule has 4 aromatic carbocycles. The van der Waals surface area contributed by atoms with E-state index in [1.165, 1.54) is 22.3 Å². The van der Waals surface area contributed by atoms with Gasteiger partial charge in [0.2, 0.25) is 0 Å². The number of amidine groups is 1. The summed E-state index contributed by atoms with van der Waals surface area (Å²) in [5.74, 6) is 1.74. The minimum absolute atomic E-state index is 0.0739. The SMILES string of the molecule is c1ccc(COc2ccc(CSC3=N[C@@H](c4ccccc4)[C@@H](c4ccccc4)N3)cc2)cc1. The zero-order valence-corrected chi connectivity index (χ0v) is 19.1. The number of thioether (sulfide) groups is 1. The van der Waals surface area contributed by atoms with Gasteiger partial charge in [-0.3, -0.25) is 4.99 Å². The Hall–Kier alpha value is -3.50. The third kappa shape index (κ3) is 5.47. The van der Waals surface area contributed by atoms with E-state index < -0.39 is 0 Å². The molecule has 0 aromatic heterocycles. The lowest BCUT2D eigenvalue weighted by Crippen LogP contribution is -2.22. The zero-order chi connectivity index (χ0) is 22.3. The predicted molar refractivity (Wildman–Crippen MR) is 137 cm³/mol. The lowest BCUT2D eigenvalue weighted by Gasteiger charge is -2.19. The van der Waals surface area contributed by atoms with E-state index in [1.54, 1.807) is 11.8 Å². The van der Waals surface area contributed by atoms with E-state index in [0.717, 1.165) is 16.7 Å². The second-order valence-corrected chi connectivity index (χ2v) is 8.99. The van der Waals surface area contributed by atoms with Crippen LogP contribution in [0.1, 0.15) is 34.3 Å². The first-order valence-corrected chi connectivity index (χ1v) is 12.2. The number of rotatable bonds is 7. The molecule has 0 amide bonds. The predicted octanol–water partition coefficient (Wildman–Crippen LogP) is 6.94. The van der Waals surface area contributed by atoms with Crippen molar-refractivity contribution in [3.8, 4) is 5.75 Å². The highest BCUT2D eigenvalue weighted by Gasteiger charge is 2.31. The highest BCUT2D eigenvalue weighted by Crippen LogP contribution is 2.38. The van der Waals surface area contributed by atoms with Gasteiger partial charge in [-0.1, -0.05) is 115 Å². The van der Waals surface area contributed by atoms with E-state index >= 15 is 0 Å². The molecule has 0 fully saturated rings. The molecule has 0 aliphatic carbocycles. The monoisotopic (exact) mass is 450 g/mol. The largest absolute Gasteiger partial charge is 0.489 e. The summed E-state index contributed by atoms with van der Waals surface area (Å²) >= 11 is 1.75. The molecular weight excluding hydrogens is 424 g/mol. The Labute approximate surface area is 199 Å². The molecule has 0 unspecified atom stereocenters. The van der Waals surface area contributed by atoms with Gasteiger partial charge in [-0.05, 0) is 34.4 Å². The summed E-state index contributed by atoms with van der Waals surface area (Å²) in [5, 5.41) is 4.65. The summed E-state index contributed by atoms with van der Waals surface area (Å²) in [4.78, 5) is 5.06. The van der Waals surface area contributed by atoms with Crippen LogP contribution < -0.4 is 10.1 Å². The van der Waals surface area contributed by atoms with Crippen LogP contribution in [0.4, 0.5) is 0 Å². The van der Waals surface area contributed by atoms with Crippen LogP contribution in [-0.4, -0.2) is 5.17 Å². The van der Waals surface area contributed by atoms with Crippen LogP contribution in [0.25, 0.3) is 0 Å². The van der Waals surface area contributed by atoms with Crippen LogP contribution in [0.3, 0.4) is 0 Å². The van der Waals surface area contributed by atoms with E-state index in [-0.39, 0.29) is 12.1 Å². The highest BCUT2D eigenvalue weighted by molar-refractivity contribution is 8.13. The summed E-state index contributed by atoms with van der Waals surface area (Å²) in [6, 6.07) is 39.9. The summed E-state index contributed by atoms with van der Waals surface area (Å²) in [6.45, 7) is 0.581. The quantitative estimate of drug-likeness (QED) is 0.331. The lowest BCUT2D eigenvalue weighted by atomic mass is 9.95. The molecule has 0 saturated carbocycles. The fourth-order valence-corrected chi connectivity index (χ4v) is 4.84. The number of ether oxygens (including phenoxy) is 1.